The van der Waals surface area contributed by atoms with Crippen LogP contribution < -0.4 is 4.90 Å². The number of fused-ring (bicyclic) bond motifs is 4. The van der Waals surface area contributed by atoms with E-state index in [1.807, 2.05) is 22.7 Å². The highest BCUT2D eigenvalue weighted by atomic mass is 32.1. The molecule has 0 unspecified atom stereocenters. The third-order valence-corrected chi connectivity index (χ3v) is 13.5. The number of anilines is 3. The van der Waals surface area contributed by atoms with E-state index in [2.05, 4.69) is 217 Å². The van der Waals surface area contributed by atoms with E-state index in [0.717, 1.165) is 11.4 Å². The Morgan fingerprint density at radius 1 is 0.281 bits per heavy atom. The third kappa shape index (κ3) is 6.00. The van der Waals surface area contributed by atoms with E-state index in [1.165, 1.54) is 90.5 Å². The molecule has 0 saturated carbocycles. The molecule has 0 aliphatic rings. The normalized spacial score (nSPS) is 11.5. The van der Waals surface area contributed by atoms with Crippen LogP contribution in [0.25, 0.3) is 85.5 Å². The summed E-state index contributed by atoms with van der Waals surface area (Å²) >= 11 is 3.70. The van der Waals surface area contributed by atoms with Crippen molar-refractivity contribution in [3.05, 3.63) is 212 Å². The summed E-state index contributed by atoms with van der Waals surface area (Å²) in [4.78, 5) is 6.14. The van der Waals surface area contributed by atoms with Crippen molar-refractivity contribution in [1.82, 2.24) is 0 Å². The summed E-state index contributed by atoms with van der Waals surface area (Å²) in [5, 5.41) is 11.3. The van der Waals surface area contributed by atoms with Crippen LogP contribution >= 0.6 is 22.7 Å². The van der Waals surface area contributed by atoms with Crippen LogP contribution in [-0.2, 0) is 0 Å². The Morgan fingerprint density at radius 2 is 0.737 bits per heavy atom. The van der Waals surface area contributed by atoms with Gasteiger partial charge in [-0.1, -0.05) is 146 Å². The fraction of sp³-hybridized carbons (Fsp3) is 0. The summed E-state index contributed by atoms with van der Waals surface area (Å²) in [6.45, 7) is 0. The van der Waals surface area contributed by atoms with Crippen LogP contribution in [0.5, 0.6) is 0 Å². The molecular formula is C54H35NS2. The van der Waals surface area contributed by atoms with Gasteiger partial charge in [-0.25, -0.2) is 0 Å². The van der Waals surface area contributed by atoms with Crippen molar-refractivity contribution < 1.29 is 0 Å². The minimum absolute atomic E-state index is 1.15. The van der Waals surface area contributed by atoms with Gasteiger partial charge < -0.3 is 4.90 Å². The molecule has 1 nitrogen and oxygen atoms in total. The van der Waals surface area contributed by atoms with Gasteiger partial charge in [0.25, 0.3) is 0 Å². The molecule has 11 aromatic rings. The second-order valence-corrected chi connectivity index (χ2v) is 16.6. The minimum atomic E-state index is 1.15. The molecule has 0 bridgehead atoms. The molecule has 0 aliphatic carbocycles. The summed E-state index contributed by atoms with van der Waals surface area (Å²) < 4.78 is 0. The first-order valence-corrected chi connectivity index (χ1v) is 21.0. The first-order chi connectivity index (χ1) is 28.2. The minimum Gasteiger partial charge on any atom is -0.302 e. The summed E-state index contributed by atoms with van der Waals surface area (Å²) in [5.41, 5.74) is 8.56. The highest BCUT2D eigenvalue weighted by Crippen LogP contribution is 2.48. The van der Waals surface area contributed by atoms with Crippen molar-refractivity contribution in [2.24, 2.45) is 0 Å². The van der Waals surface area contributed by atoms with Gasteiger partial charge in [-0.3, -0.25) is 0 Å². The summed E-state index contributed by atoms with van der Waals surface area (Å²) in [5.74, 6) is 0. The lowest BCUT2D eigenvalue weighted by Gasteiger charge is -2.23. The summed E-state index contributed by atoms with van der Waals surface area (Å²) in [6.07, 6.45) is 0. The van der Waals surface area contributed by atoms with Gasteiger partial charge in [0.2, 0.25) is 0 Å². The Kier molecular flexibility index (Phi) is 8.28. The Morgan fingerprint density at radius 3 is 1.35 bits per heavy atom. The molecule has 0 atom stereocenters. The molecule has 0 amide bonds. The topological polar surface area (TPSA) is 3.24 Å². The lowest BCUT2D eigenvalue weighted by Crippen LogP contribution is -2.07. The molecule has 3 heteroatoms. The number of hydrogen-bond acceptors (Lipinski definition) is 3. The van der Waals surface area contributed by atoms with Gasteiger partial charge in [-0.05, 0) is 138 Å². The van der Waals surface area contributed by atoms with Gasteiger partial charge in [0.15, 0.2) is 0 Å². The average molecular weight is 762 g/mol. The van der Waals surface area contributed by atoms with Crippen LogP contribution in [0.4, 0.5) is 16.4 Å². The molecule has 57 heavy (non-hydrogen) atoms. The number of thiophene rings is 2. The van der Waals surface area contributed by atoms with Gasteiger partial charge in [0.1, 0.15) is 5.00 Å². The number of nitrogens with zero attached hydrogens (tertiary/aromatic N) is 1. The summed E-state index contributed by atoms with van der Waals surface area (Å²) in [7, 11) is 0. The molecule has 11 rings (SSSR count). The zero-order valence-electron chi connectivity index (χ0n) is 31.0. The van der Waals surface area contributed by atoms with E-state index in [4.69, 9.17) is 0 Å². The maximum absolute atomic E-state index is 2.44. The second kappa shape index (κ2) is 14.1. The van der Waals surface area contributed by atoms with Crippen LogP contribution in [0.3, 0.4) is 0 Å². The zero-order valence-corrected chi connectivity index (χ0v) is 32.6. The predicted molar refractivity (Wildman–Crippen MR) is 249 cm³/mol. The molecule has 9 aromatic carbocycles. The second-order valence-electron chi connectivity index (χ2n) is 14.5. The zero-order chi connectivity index (χ0) is 37.7. The van der Waals surface area contributed by atoms with E-state index in [9.17, 15) is 0 Å². The Labute approximate surface area is 340 Å². The fourth-order valence-corrected chi connectivity index (χ4v) is 10.5. The molecule has 0 saturated heterocycles. The lowest BCUT2D eigenvalue weighted by atomic mass is 9.84. The maximum atomic E-state index is 2.44. The lowest BCUT2D eigenvalue weighted by molar-refractivity contribution is 1.32. The standard InChI is InChI=1S/C54H35NS2/c1-3-17-43(18-4-1)55(44-19-5-2-6-20-44)52-32-31-51(57-52)50-30-29-49(56-50)40-27-28-47-48(35-40)54(42-26-24-37-14-8-10-16-39(37)34-42)46-22-12-11-21-45(46)53(47)41-25-23-36-13-7-9-15-38(36)33-41/h1-35H. The third-order valence-electron chi connectivity index (χ3n) is 11.1. The van der Waals surface area contributed by atoms with Gasteiger partial charge >= 0.3 is 0 Å². The molecule has 0 spiro atoms. The quantitative estimate of drug-likeness (QED) is 0.146. The van der Waals surface area contributed by atoms with E-state index in [1.54, 1.807) is 0 Å². The highest BCUT2D eigenvalue weighted by molar-refractivity contribution is 7.25. The van der Waals surface area contributed by atoms with Gasteiger partial charge in [0.05, 0.1) is 0 Å². The van der Waals surface area contributed by atoms with Crippen LogP contribution in [0.15, 0.2) is 212 Å². The number of benzene rings is 9. The van der Waals surface area contributed by atoms with Gasteiger partial charge in [0, 0.05) is 26.0 Å². The first-order valence-electron chi connectivity index (χ1n) is 19.3. The largest absolute Gasteiger partial charge is 0.302 e. The van der Waals surface area contributed by atoms with Crippen molar-refractivity contribution in [1.29, 1.82) is 0 Å². The SMILES string of the molecule is c1ccc(N(c2ccccc2)c2ccc(-c3ccc(-c4ccc5c(-c6ccc7ccccc7c6)c6ccccc6c(-c6ccc7ccccc7c6)c5c4)s3)s2)cc1. The van der Waals surface area contributed by atoms with Crippen molar-refractivity contribution >= 4 is 82.1 Å². The van der Waals surface area contributed by atoms with Gasteiger partial charge in [-0.15, -0.1) is 22.7 Å². The maximum Gasteiger partial charge on any atom is 0.101 e. The number of hydrogen-bond donors (Lipinski definition) is 0. The van der Waals surface area contributed by atoms with Crippen molar-refractivity contribution in [3.8, 4) is 42.4 Å². The predicted octanol–water partition coefficient (Wildman–Crippen LogP) is 16.6. The highest BCUT2D eigenvalue weighted by Gasteiger charge is 2.20. The molecular weight excluding hydrogens is 727 g/mol. The van der Waals surface area contributed by atoms with Crippen LogP contribution in [-0.4, -0.2) is 0 Å². The molecule has 268 valence electrons. The summed E-state index contributed by atoms with van der Waals surface area (Å²) in [6, 6.07) is 77.7. The molecule has 2 heterocycles. The van der Waals surface area contributed by atoms with E-state index in [-0.39, 0.29) is 0 Å². The van der Waals surface area contributed by atoms with Crippen molar-refractivity contribution in [3.63, 3.8) is 0 Å². The molecule has 0 fully saturated rings. The molecule has 0 aliphatic heterocycles. The van der Waals surface area contributed by atoms with Crippen LogP contribution in [0.1, 0.15) is 0 Å². The first kappa shape index (κ1) is 33.5. The molecule has 0 radical (unpaired) electrons. The van der Waals surface area contributed by atoms with E-state index in [0.29, 0.717) is 0 Å². The Balaban J connectivity index is 1.07. The smallest absolute Gasteiger partial charge is 0.101 e. The Bertz CT molecular complexity index is 3210. The van der Waals surface area contributed by atoms with Crippen LogP contribution in [0, 0.1) is 0 Å². The van der Waals surface area contributed by atoms with E-state index < -0.39 is 0 Å². The molecule has 2 aromatic heterocycles. The average Bonchev–Trinajstić information content (AvgIpc) is 3.97. The Hall–Kier alpha value is -6.78. The molecule has 0 N–H and O–H groups in total. The van der Waals surface area contributed by atoms with Gasteiger partial charge in [-0.2, -0.15) is 0 Å². The van der Waals surface area contributed by atoms with E-state index >= 15 is 0 Å². The van der Waals surface area contributed by atoms with Crippen LogP contribution in [0.2, 0.25) is 0 Å². The number of para-hydroxylation sites is 2. The van der Waals surface area contributed by atoms with Crippen molar-refractivity contribution in [2.75, 3.05) is 4.90 Å². The van der Waals surface area contributed by atoms with Crippen molar-refractivity contribution in [2.45, 2.75) is 0 Å². The number of rotatable bonds is 7. The monoisotopic (exact) mass is 761 g/mol. The fourth-order valence-electron chi connectivity index (χ4n) is 8.41.